The molecule has 1 saturated heterocycles. The minimum absolute atomic E-state index is 0.785. The van der Waals surface area contributed by atoms with Crippen molar-refractivity contribution < 1.29 is 0 Å². The maximum Gasteiger partial charge on any atom is 0.185 e. The van der Waals surface area contributed by atoms with E-state index in [4.69, 9.17) is 0 Å². The highest BCUT2D eigenvalue weighted by atomic mass is 32.2. The quantitative estimate of drug-likeness (QED) is 0.899. The van der Waals surface area contributed by atoms with E-state index in [2.05, 4.69) is 27.7 Å². The number of rotatable bonds is 5. The summed E-state index contributed by atoms with van der Waals surface area (Å²) in [5.74, 6) is 0. The summed E-state index contributed by atoms with van der Waals surface area (Å²) < 4.78 is 0. The van der Waals surface area contributed by atoms with Gasteiger partial charge in [0, 0.05) is 42.0 Å². The monoisotopic (exact) mass is 283 g/mol. The summed E-state index contributed by atoms with van der Waals surface area (Å²) in [5, 5.41) is 5.64. The molecule has 1 N–H and O–H groups in total. The number of nitrogens with one attached hydrogen (secondary N) is 1. The van der Waals surface area contributed by atoms with Crippen molar-refractivity contribution in [1.29, 1.82) is 0 Å². The normalized spacial score (nSPS) is 21.5. The molecule has 3 nitrogen and oxygen atoms in total. The molecule has 0 radical (unpaired) electrons. The molecule has 1 aliphatic heterocycles. The first-order valence-corrected chi connectivity index (χ1v) is 8.91. The molecular formula is C13H21N3S2. The number of hydrogen-bond donors (Lipinski definition) is 1. The Labute approximate surface area is 117 Å². The second-order valence-electron chi connectivity index (χ2n) is 5.19. The molecule has 18 heavy (non-hydrogen) atoms. The first-order valence-electron chi connectivity index (χ1n) is 6.81. The Kier molecular flexibility index (Phi) is 4.11. The molecule has 0 amide bonds. The number of piperidine rings is 1. The predicted octanol–water partition coefficient (Wildman–Crippen LogP) is 2.73. The molecule has 1 aromatic heterocycles. The number of nitrogens with zero attached hydrogens (tertiary/aromatic N) is 2. The van der Waals surface area contributed by atoms with Gasteiger partial charge in [0.05, 0.1) is 0 Å². The van der Waals surface area contributed by atoms with Crippen molar-refractivity contribution in [2.24, 2.45) is 0 Å². The Balaban J connectivity index is 1.52. The van der Waals surface area contributed by atoms with Gasteiger partial charge in [0.1, 0.15) is 0 Å². The molecule has 0 spiro atoms. The van der Waals surface area contributed by atoms with E-state index in [-0.39, 0.29) is 0 Å². The average Bonchev–Trinajstić information content (AvgIpc) is 3.14. The lowest BCUT2D eigenvalue weighted by atomic mass is 10.1. The fourth-order valence-electron chi connectivity index (χ4n) is 2.34. The third kappa shape index (κ3) is 3.19. The summed E-state index contributed by atoms with van der Waals surface area (Å²) in [7, 11) is 0. The highest BCUT2D eigenvalue weighted by Crippen LogP contribution is 2.29. The Bertz CT molecular complexity index is 381. The van der Waals surface area contributed by atoms with Crippen LogP contribution in [0.5, 0.6) is 0 Å². The van der Waals surface area contributed by atoms with Crippen LogP contribution in [0.2, 0.25) is 0 Å². The number of hydrogen-bond acceptors (Lipinski definition) is 5. The van der Waals surface area contributed by atoms with E-state index in [1.807, 2.05) is 23.1 Å². The fraction of sp³-hybridized carbons (Fsp3) is 0.769. The van der Waals surface area contributed by atoms with Gasteiger partial charge >= 0.3 is 0 Å². The average molecular weight is 283 g/mol. The zero-order chi connectivity index (χ0) is 12.4. The predicted molar refractivity (Wildman–Crippen MR) is 80.7 cm³/mol. The third-order valence-corrected chi connectivity index (χ3v) is 5.93. The van der Waals surface area contributed by atoms with Crippen molar-refractivity contribution in [3.05, 3.63) is 11.1 Å². The number of thiazole rings is 1. The zero-order valence-electron chi connectivity index (χ0n) is 10.9. The largest absolute Gasteiger partial charge is 0.348 e. The lowest BCUT2D eigenvalue weighted by Gasteiger charge is -2.30. The molecule has 2 heterocycles. The smallest absolute Gasteiger partial charge is 0.185 e. The molecule has 1 aliphatic carbocycles. The number of aromatic nitrogens is 1. The minimum Gasteiger partial charge on any atom is -0.348 e. The Morgan fingerprint density at radius 1 is 1.39 bits per heavy atom. The Morgan fingerprint density at radius 2 is 2.17 bits per heavy atom. The van der Waals surface area contributed by atoms with E-state index in [1.165, 1.54) is 48.8 Å². The van der Waals surface area contributed by atoms with Crippen LogP contribution in [0.25, 0.3) is 0 Å². The second-order valence-corrected chi connectivity index (χ2v) is 7.42. The molecule has 1 saturated carbocycles. The molecule has 0 bridgehead atoms. The van der Waals surface area contributed by atoms with Gasteiger partial charge in [-0.3, -0.25) is 0 Å². The maximum absolute atomic E-state index is 4.59. The van der Waals surface area contributed by atoms with Gasteiger partial charge < -0.3 is 10.2 Å². The van der Waals surface area contributed by atoms with Crippen molar-refractivity contribution in [2.45, 2.75) is 43.5 Å². The summed E-state index contributed by atoms with van der Waals surface area (Å²) >= 11 is 3.88. The van der Waals surface area contributed by atoms with Crippen molar-refractivity contribution in [2.75, 3.05) is 24.2 Å². The molecule has 0 unspecified atom stereocenters. The SMILES string of the molecule is CSC1CCN(c2ncc(CNC3CC3)s2)CC1. The summed E-state index contributed by atoms with van der Waals surface area (Å²) in [5.41, 5.74) is 0. The molecule has 1 aromatic rings. The molecule has 2 fully saturated rings. The third-order valence-electron chi connectivity index (χ3n) is 3.73. The second kappa shape index (κ2) is 5.80. The molecule has 100 valence electrons. The van der Waals surface area contributed by atoms with Gasteiger partial charge in [-0.05, 0) is 31.9 Å². The van der Waals surface area contributed by atoms with E-state index in [1.54, 1.807) is 0 Å². The van der Waals surface area contributed by atoms with Crippen LogP contribution >= 0.6 is 23.1 Å². The van der Waals surface area contributed by atoms with E-state index in [0.29, 0.717) is 0 Å². The molecular weight excluding hydrogens is 262 g/mol. The van der Waals surface area contributed by atoms with Crippen molar-refractivity contribution in [3.8, 4) is 0 Å². The first kappa shape index (κ1) is 12.8. The molecule has 5 heteroatoms. The van der Waals surface area contributed by atoms with Crippen LogP contribution in [0.1, 0.15) is 30.6 Å². The van der Waals surface area contributed by atoms with Gasteiger partial charge in [-0.15, -0.1) is 11.3 Å². The lowest BCUT2D eigenvalue weighted by Crippen LogP contribution is -2.34. The molecule has 0 atom stereocenters. The summed E-state index contributed by atoms with van der Waals surface area (Å²) in [6.07, 6.45) is 9.59. The molecule has 0 aromatic carbocycles. The summed E-state index contributed by atoms with van der Waals surface area (Å²) in [6, 6.07) is 0.785. The standard InChI is InChI=1S/C13H21N3S2/c1-17-11-4-6-16(7-5-11)13-15-9-12(18-13)8-14-10-2-3-10/h9-11,14H,2-8H2,1H3. The van der Waals surface area contributed by atoms with Crippen LogP contribution in [-0.4, -0.2) is 35.6 Å². The minimum atomic E-state index is 0.785. The Morgan fingerprint density at radius 3 is 2.83 bits per heavy atom. The lowest BCUT2D eigenvalue weighted by molar-refractivity contribution is 0.590. The van der Waals surface area contributed by atoms with Crippen molar-refractivity contribution in [3.63, 3.8) is 0 Å². The van der Waals surface area contributed by atoms with Crippen LogP contribution in [0.4, 0.5) is 5.13 Å². The number of thioether (sulfide) groups is 1. The molecule has 2 aliphatic rings. The first-order chi connectivity index (χ1) is 8.85. The molecule has 3 rings (SSSR count). The van der Waals surface area contributed by atoms with Gasteiger partial charge in [0.2, 0.25) is 0 Å². The topological polar surface area (TPSA) is 28.2 Å². The van der Waals surface area contributed by atoms with Gasteiger partial charge in [-0.1, -0.05) is 0 Å². The highest BCUT2D eigenvalue weighted by Gasteiger charge is 2.22. The fourth-order valence-corrected chi connectivity index (χ4v) is 3.94. The maximum atomic E-state index is 4.59. The summed E-state index contributed by atoms with van der Waals surface area (Å²) in [6.45, 7) is 3.35. The van der Waals surface area contributed by atoms with Crippen LogP contribution in [-0.2, 0) is 6.54 Å². The Hall–Kier alpha value is -0.260. The number of anilines is 1. The highest BCUT2D eigenvalue weighted by molar-refractivity contribution is 7.99. The van der Waals surface area contributed by atoms with Crippen LogP contribution in [0.15, 0.2) is 6.20 Å². The van der Waals surface area contributed by atoms with E-state index < -0.39 is 0 Å². The van der Waals surface area contributed by atoms with E-state index in [0.717, 1.165) is 17.8 Å². The summed E-state index contributed by atoms with van der Waals surface area (Å²) in [4.78, 5) is 8.42. The van der Waals surface area contributed by atoms with Gasteiger partial charge in [-0.2, -0.15) is 11.8 Å². The van der Waals surface area contributed by atoms with Gasteiger partial charge in [0.15, 0.2) is 5.13 Å². The van der Waals surface area contributed by atoms with Gasteiger partial charge in [-0.25, -0.2) is 4.98 Å². The van der Waals surface area contributed by atoms with E-state index >= 15 is 0 Å². The van der Waals surface area contributed by atoms with Crippen molar-refractivity contribution in [1.82, 2.24) is 10.3 Å². The zero-order valence-corrected chi connectivity index (χ0v) is 12.5. The van der Waals surface area contributed by atoms with Crippen molar-refractivity contribution >= 4 is 28.2 Å². The van der Waals surface area contributed by atoms with Crippen LogP contribution in [0.3, 0.4) is 0 Å². The van der Waals surface area contributed by atoms with Crippen LogP contribution in [0, 0.1) is 0 Å². The van der Waals surface area contributed by atoms with Crippen LogP contribution < -0.4 is 10.2 Å². The van der Waals surface area contributed by atoms with Gasteiger partial charge in [0.25, 0.3) is 0 Å². The van der Waals surface area contributed by atoms with E-state index in [9.17, 15) is 0 Å².